The van der Waals surface area contributed by atoms with Crippen LogP contribution in [0.5, 0.6) is 11.5 Å². The van der Waals surface area contributed by atoms with E-state index in [0.29, 0.717) is 41.8 Å². The average Bonchev–Trinajstić information content (AvgIpc) is 2.70. The number of carbonyl (C=O) groups excluding carboxylic acids is 2. The van der Waals surface area contributed by atoms with Crippen molar-refractivity contribution in [1.29, 1.82) is 5.26 Å². The minimum Gasteiger partial charge on any atom is -0.490 e. The third-order valence-electron chi connectivity index (χ3n) is 4.90. The van der Waals surface area contributed by atoms with E-state index in [2.05, 4.69) is 13.8 Å². The summed E-state index contributed by atoms with van der Waals surface area (Å²) in [6.07, 6.45) is 2.64. The molecule has 2 amide bonds. The van der Waals surface area contributed by atoms with Gasteiger partial charge in [-0.15, -0.1) is 0 Å². The molecule has 0 fully saturated rings. The lowest BCUT2D eigenvalue weighted by molar-refractivity contribution is -0.141. The third-order valence-corrected chi connectivity index (χ3v) is 4.90. The zero-order valence-corrected chi connectivity index (χ0v) is 19.3. The van der Waals surface area contributed by atoms with Crippen LogP contribution in [0, 0.1) is 23.2 Å². The minimum atomic E-state index is -0.528. The summed E-state index contributed by atoms with van der Waals surface area (Å²) in [5, 5.41) is 9.50. The van der Waals surface area contributed by atoms with Gasteiger partial charge in [-0.3, -0.25) is 14.5 Å². The van der Waals surface area contributed by atoms with E-state index in [1.165, 1.54) is 0 Å². The predicted molar refractivity (Wildman–Crippen MR) is 120 cm³/mol. The first-order valence-corrected chi connectivity index (χ1v) is 10.8. The van der Waals surface area contributed by atoms with Gasteiger partial charge in [-0.25, -0.2) is 0 Å². The van der Waals surface area contributed by atoms with E-state index in [1.807, 2.05) is 45.0 Å². The molecular weight excluding hydrogens is 392 g/mol. The van der Waals surface area contributed by atoms with Gasteiger partial charge < -0.3 is 9.47 Å². The first kappa shape index (κ1) is 24.2. The van der Waals surface area contributed by atoms with Crippen LogP contribution in [0.15, 0.2) is 34.9 Å². The van der Waals surface area contributed by atoms with Crippen LogP contribution >= 0.6 is 0 Å². The van der Waals surface area contributed by atoms with E-state index in [4.69, 9.17) is 9.47 Å². The van der Waals surface area contributed by atoms with Gasteiger partial charge in [-0.05, 0) is 61.4 Å². The van der Waals surface area contributed by atoms with Crippen LogP contribution in [0.2, 0.25) is 0 Å². The zero-order chi connectivity index (χ0) is 23.1. The number of nitriles is 1. The van der Waals surface area contributed by atoms with Crippen LogP contribution in [0.25, 0.3) is 6.08 Å². The van der Waals surface area contributed by atoms with Crippen molar-refractivity contribution in [3.05, 3.63) is 40.5 Å². The summed E-state index contributed by atoms with van der Waals surface area (Å²) < 4.78 is 11.6. The molecule has 0 radical (unpaired) electrons. The van der Waals surface area contributed by atoms with Crippen LogP contribution in [0.3, 0.4) is 0 Å². The lowest BCUT2D eigenvalue weighted by atomic mass is 9.93. The molecule has 0 saturated carbocycles. The predicted octanol–water partition coefficient (Wildman–Crippen LogP) is 4.76. The van der Waals surface area contributed by atoms with Gasteiger partial charge in [0.15, 0.2) is 11.5 Å². The number of nitrogens with zero attached hydrogens (tertiary/aromatic N) is 2. The fraction of sp³-hybridized carbons (Fsp3) is 0.480. The Bertz CT molecular complexity index is 935. The van der Waals surface area contributed by atoms with Crippen molar-refractivity contribution < 1.29 is 19.1 Å². The molecule has 0 bridgehead atoms. The fourth-order valence-corrected chi connectivity index (χ4v) is 3.23. The number of rotatable bonds is 9. The third kappa shape index (κ3) is 5.97. The number of benzene rings is 1. The largest absolute Gasteiger partial charge is 0.490 e. The van der Waals surface area contributed by atoms with Crippen molar-refractivity contribution in [3.8, 4) is 17.6 Å². The van der Waals surface area contributed by atoms with Gasteiger partial charge in [0.2, 0.25) is 0 Å². The summed E-state index contributed by atoms with van der Waals surface area (Å²) in [7, 11) is 0. The highest BCUT2D eigenvalue weighted by Crippen LogP contribution is 2.32. The number of amides is 2. The Morgan fingerprint density at radius 1 is 1.06 bits per heavy atom. The van der Waals surface area contributed by atoms with Crippen molar-refractivity contribution in [2.45, 2.75) is 48.0 Å². The Morgan fingerprint density at radius 2 is 1.77 bits per heavy atom. The monoisotopic (exact) mass is 424 g/mol. The van der Waals surface area contributed by atoms with E-state index in [-0.39, 0.29) is 23.9 Å². The molecule has 0 atom stereocenters. The molecule has 1 heterocycles. The molecule has 6 heteroatoms. The van der Waals surface area contributed by atoms with E-state index >= 15 is 0 Å². The first-order chi connectivity index (χ1) is 14.7. The Morgan fingerprint density at radius 3 is 2.35 bits per heavy atom. The number of carbonyl (C=O) groups is 2. The molecule has 0 unspecified atom stereocenters. The van der Waals surface area contributed by atoms with Crippen molar-refractivity contribution >= 4 is 17.9 Å². The molecule has 0 spiro atoms. The van der Waals surface area contributed by atoms with Gasteiger partial charge in [0.1, 0.15) is 11.6 Å². The molecular formula is C25H32N2O4. The molecule has 31 heavy (non-hydrogen) atoms. The zero-order valence-electron chi connectivity index (χ0n) is 19.3. The Hall–Kier alpha value is -3.07. The van der Waals surface area contributed by atoms with Gasteiger partial charge >= 0.3 is 0 Å². The van der Waals surface area contributed by atoms with Gasteiger partial charge in [0, 0.05) is 12.1 Å². The summed E-state index contributed by atoms with van der Waals surface area (Å²) in [5.74, 6) is 0.976. The number of hydrogen-bond acceptors (Lipinski definition) is 5. The van der Waals surface area contributed by atoms with E-state index in [9.17, 15) is 14.9 Å². The topological polar surface area (TPSA) is 79.6 Å². The molecule has 1 aromatic rings. The molecule has 1 aliphatic rings. The lowest BCUT2D eigenvalue weighted by Gasteiger charge is -2.28. The number of imide groups is 1. The van der Waals surface area contributed by atoms with Crippen molar-refractivity contribution in [3.63, 3.8) is 0 Å². The molecule has 166 valence electrons. The maximum atomic E-state index is 13.1. The summed E-state index contributed by atoms with van der Waals surface area (Å²) in [5.41, 5.74) is 1.48. The quantitative estimate of drug-likeness (QED) is 0.422. The SMILES string of the molecule is CCOc1cc(/C=C2/C(=O)N(CC(C)C)C(=O)C(C#N)=C2C)ccc1OCCC(C)C. The van der Waals surface area contributed by atoms with Crippen LogP contribution in [0.1, 0.15) is 53.5 Å². The summed E-state index contributed by atoms with van der Waals surface area (Å²) in [6, 6.07) is 7.45. The van der Waals surface area contributed by atoms with Gasteiger partial charge in [-0.1, -0.05) is 33.8 Å². The number of hydrogen-bond donors (Lipinski definition) is 0. The van der Waals surface area contributed by atoms with Gasteiger partial charge in [0.05, 0.1) is 13.2 Å². The van der Waals surface area contributed by atoms with E-state index < -0.39 is 5.91 Å². The standard InChI is InChI=1S/C25H32N2O4/c1-7-30-23-13-19(8-9-22(23)31-11-10-16(2)3)12-20-18(6)21(14-26)25(29)27(24(20)28)15-17(4)5/h8-9,12-13,16-17H,7,10-11,15H2,1-6H3/b20-12+. The molecule has 1 aliphatic heterocycles. The second-order valence-corrected chi connectivity index (χ2v) is 8.45. The van der Waals surface area contributed by atoms with E-state index in [0.717, 1.165) is 16.9 Å². The molecule has 0 saturated heterocycles. The van der Waals surface area contributed by atoms with Crippen LogP contribution in [0.4, 0.5) is 0 Å². The molecule has 1 aromatic carbocycles. The summed E-state index contributed by atoms with van der Waals surface area (Å²) in [4.78, 5) is 26.8. The lowest BCUT2D eigenvalue weighted by Crippen LogP contribution is -2.44. The van der Waals surface area contributed by atoms with Gasteiger partial charge in [-0.2, -0.15) is 5.26 Å². The van der Waals surface area contributed by atoms with Crippen molar-refractivity contribution in [2.75, 3.05) is 19.8 Å². The Kier molecular flexibility index (Phi) is 8.44. The normalized spacial score (nSPS) is 15.8. The van der Waals surface area contributed by atoms with Crippen molar-refractivity contribution in [1.82, 2.24) is 4.90 Å². The molecule has 6 nitrogen and oxygen atoms in total. The van der Waals surface area contributed by atoms with Crippen LogP contribution < -0.4 is 9.47 Å². The Balaban J connectivity index is 2.44. The van der Waals surface area contributed by atoms with Crippen molar-refractivity contribution in [2.24, 2.45) is 11.8 Å². The summed E-state index contributed by atoms with van der Waals surface area (Å²) in [6.45, 7) is 13.0. The van der Waals surface area contributed by atoms with Crippen LogP contribution in [-0.2, 0) is 9.59 Å². The highest BCUT2D eigenvalue weighted by molar-refractivity contribution is 6.19. The second kappa shape index (κ2) is 10.8. The molecule has 0 aromatic heterocycles. The summed E-state index contributed by atoms with van der Waals surface area (Å²) >= 11 is 0. The molecule has 2 rings (SSSR count). The highest BCUT2D eigenvalue weighted by atomic mass is 16.5. The maximum absolute atomic E-state index is 13.1. The number of ether oxygens (including phenoxy) is 2. The first-order valence-electron chi connectivity index (χ1n) is 10.8. The maximum Gasteiger partial charge on any atom is 0.271 e. The van der Waals surface area contributed by atoms with Crippen LogP contribution in [-0.4, -0.2) is 36.5 Å². The minimum absolute atomic E-state index is 0.00479. The van der Waals surface area contributed by atoms with E-state index in [1.54, 1.807) is 13.0 Å². The Labute approximate surface area is 185 Å². The highest BCUT2D eigenvalue weighted by Gasteiger charge is 2.35. The smallest absolute Gasteiger partial charge is 0.271 e. The fourth-order valence-electron chi connectivity index (χ4n) is 3.23. The average molecular weight is 425 g/mol. The van der Waals surface area contributed by atoms with Gasteiger partial charge in [0.25, 0.3) is 11.8 Å². The second-order valence-electron chi connectivity index (χ2n) is 8.45. The molecule has 0 N–H and O–H groups in total. The molecule has 0 aliphatic carbocycles.